The molecule has 2 aliphatic rings. The second-order valence-corrected chi connectivity index (χ2v) is 8.01. The third-order valence-corrected chi connectivity index (χ3v) is 5.62. The van der Waals surface area contributed by atoms with E-state index in [2.05, 4.69) is 10.2 Å². The Balaban J connectivity index is 1.69. The molecule has 0 spiro atoms. The minimum absolute atomic E-state index is 0.142. The Labute approximate surface area is 127 Å². The van der Waals surface area contributed by atoms with Crippen molar-refractivity contribution in [3.8, 4) is 0 Å². The highest BCUT2D eigenvalue weighted by Gasteiger charge is 2.36. The van der Waals surface area contributed by atoms with Gasteiger partial charge in [0.15, 0.2) is 0 Å². The predicted molar refractivity (Wildman–Crippen MR) is 82.5 cm³/mol. The fourth-order valence-corrected chi connectivity index (χ4v) is 4.34. The molecule has 2 saturated heterocycles. The molecule has 0 aliphatic carbocycles. The second kappa shape index (κ2) is 7.56. The van der Waals surface area contributed by atoms with Crippen LogP contribution in [0.4, 0.5) is 0 Å². The summed E-state index contributed by atoms with van der Waals surface area (Å²) in [6, 6.07) is -0.505. The zero-order valence-electron chi connectivity index (χ0n) is 12.9. The summed E-state index contributed by atoms with van der Waals surface area (Å²) < 4.78 is 24.6. The number of hydrogen-bond donors (Lipinski definition) is 1. The maximum Gasteiger partial charge on any atom is 0.238 e. The van der Waals surface area contributed by atoms with Gasteiger partial charge in [0.2, 0.25) is 15.9 Å². The standard InChI is InChI=1S/C14H27N3O3S/c1-21(19,20)17-12-5-7-13(17)14(18)15-8-6-11-16-9-3-2-4-10-16/h13H,2-12H2,1H3,(H,15,18)/t13-/m1/s1. The molecular formula is C14H27N3O3S. The lowest BCUT2D eigenvalue weighted by Crippen LogP contribution is -2.46. The highest BCUT2D eigenvalue weighted by Crippen LogP contribution is 2.20. The van der Waals surface area contributed by atoms with Crippen molar-refractivity contribution < 1.29 is 13.2 Å². The zero-order valence-corrected chi connectivity index (χ0v) is 13.7. The number of likely N-dealkylation sites (tertiary alicyclic amines) is 1. The van der Waals surface area contributed by atoms with Gasteiger partial charge in [0, 0.05) is 13.1 Å². The molecule has 0 aromatic rings. The van der Waals surface area contributed by atoms with Gasteiger partial charge in [0.25, 0.3) is 0 Å². The van der Waals surface area contributed by atoms with E-state index in [0.29, 0.717) is 19.5 Å². The van der Waals surface area contributed by atoms with Crippen LogP contribution in [0.15, 0.2) is 0 Å². The van der Waals surface area contributed by atoms with E-state index in [9.17, 15) is 13.2 Å². The topological polar surface area (TPSA) is 69.7 Å². The van der Waals surface area contributed by atoms with E-state index in [0.717, 1.165) is 19.4 Å². The third kappa shape index (κ3) is 4.93. The zero-order chi connectivity index (χ0) is 15.3. The van der Waals surface area contributed by atoms with Crippen molar-refractivity contribution in [1.82, 2.24) is 14.5 Å². The van der Waals surface area contributed by atoms with Crippen molar-refractivity contribution in [2.75, 3.05) is 39.0 Å². The molecular weight excluding hydrogens is 290 g/mol. The van der Waals surface area contributed by atoms with E-state index in [4.69, 9.17) is 0 Å². The van der Waals surface area contributed by atoms with E-state index in [1.807, 2.05) is 0 Å². The molecule has 1 N–H and O–H groups in total. The van der Waals surface area contributed by atoms with Gasteiger partial charge in [-0.3, -0.25) is 4.79 Å². The number of amides is 1. The van der Waals surface area contributed by atoms with Gasteiger partial charge < -0.3 is 10.2 Å². The molecule has 122 valence electrons. The number of nitrogens with one attached hydrogen (secondary N) is 1. The van der Waals surface area contributed by atoms with Crippen molar-refractivity contribution >= 4 is 15.9 Å². The normalized spacial score (nSPS) is 25.1. The van der Waals surface area contributed by atoms with Crippen LogP contribution in [0.3, 0.4) is 0 Å². The average Bonchev–Trinajstić information content (AvgIpc) is 2.94. The fraction of sp³-hybridized carbons (Fsp3) is 0.929. The fourth-order valence-electron chi connectivity index (χ4n) is 3.21. The van der Waals surface area contributed by atoms with Crippen molar-refractivity contribution in [1.29, 1.82) is 0 Å². The van der Waals surface area contributed by atoms with Crippen LogP contribution in [-0.2, 0) is 14.8 Å². The van der Waals surface area contributed by atoms with E-state index in [1.54, 1.807) is 0 Å². The van der Waals surface area contributed by atoms with Gasteiger partial charge in [0.1, 0.15) is 6.04 Å². The summed E-state index contributed by atoms with van der Waals surface area (Å²) >= 11 is 0. The lowest BCUT2D eigenvalue weighted by atomic mass is 10.1. The predicted octanol–water partition coefficient (Wildman–Crippen LogP) is 0.403. The lowest BCUT2D eigenvalue weighted by molar-refractivity contribution is -0.124. The number of rotatable bonds is 6. The summed E-state index contributed by atoms with van der Waals surface area (Å²) in [6.07, 6.45) is 7.38. The van der Waals surface area contributed by atoms with Crippen LogP contribution in [0.25, 0.3) is 0 Å². The molecule has 0 unspecified atom stereocenters. The van der Waals surface area contributed by atoms with Gasteiger partial charge in [-0.2, -0.15) is 4.31 Å². The number of carbonyl (C=O) groups excluding carboxylic acids is 1. The molecule has 6 nitrogen and oxygen atoms in total. The Hall–Kier alpha value is -0.660. The van der Waals surface area contributed by atoms with E-state index < -0.39 is 16.1 Å². The van der Waals surface area contributed by atoms with Crippen LogP contribution in [-0.4, -0.2) is 68.6 Å². The molecule has 7 heteroatoms. The lowest BCUT2D eigenvalue weighted by Gasteiger charge is -2.26. The number of sulfonamides is 1. The van der Waals surface area contributed by atoms with E-state index >= 15 is 0 Å². The Morgan fingerprint density at radius 2 is 1.86 bits per heavy atom. The van der Waals surface area contributed by atoms with Crippen LogP contribution in [0.1, 0.15) is 38.5 Å². The summed E-state index contributed by atoms with van der Waals surface area (Å²) in [4.78, 5) is 14.6. The summed E-state index contributed by atoms with van der Waals surface area (Å²) in [5.41, 5.74) is 0. The highest BCUT2D eigenvalue weighted by molar-refractivity contribution is 7.88. The van der Waals surface area contributed by atoms with Gasteiger partial charge in [-0.15, -0.1) is 0 Å². The van der Waals surface area contributed by atoms with Crippen molar-refractivity contribution in [3.05, 3.63) is 0 Å². The van der Waals surface area contributed by atoms with Gasteiger partial charge in [-0.05, 0) is 51.7 Å². The van der Waals surface area contributed by atoms with Crippen LogP contribution < -0.4 is 5.32 Å². The molecule has 2 heterocycles. The van der Waals surface area contributed by atoms with Gasteiger partial charge in [-0.1, -0.05) is 6.42 Å². The Morgan fingerprint density at radius 1 is 1.14 bits per heavy atom. The minimum Gasteiger partial charge on any atom is -0.355 e. The summed E-state index contributed by atoms with van der Waals surface area (Å²) in [7, 11) is -3.28. The number of nitrogens with zero attached hydrogens (tertiary/aromatic N) is 2. The van der Waals surface area contributed by atoms with Crippen LogP contribution >= 0.6 is 0 Å². The molecule has 0 radical (unpaired) electrons. The first-order valence-corrected chi connectivity index (χ1v) is 9.80. The Morgan fingerprint density at radius 3 is 2.52 bits per heavy atom. The highest BCUT2D eigenvalue weighted by atomic mass is 32.2. The number of piperidine rings is 1. The molecule has 0 saturated carbocycles. The monoisotopic (exact) mass is 317 g/mol. The first kappa shape index (κ1) is 16.7. The quantitative estimate of drug-likeness (QED) is 0.720. The van der Waals surface area contributed by atoms with Crippen molar-refractivity contribution in [3.63, 3.8) is 0 Å². The van der Waals surface area contributed by atoms with Crippen LogP contribution in [0, 0.1) is 0 Å². The SMILES string of the molecule is CS(=O)(=O)N1CCC[C@@H]1C(=O)NCCCN1CCCCC1. The smallest absolute Gasteiger partial charge is 0.238 e. The Bertz CT molecular complexity index is 446. The molecule has 2 rings (SSSR count). The molecule has 0 aromatic heterocycles. The summed E-state index contributed by atoms with van der Waals surface area (Å²) in [5.74, 6) is -0.142. The molecule has 0 aromatic carbocycles. The molecule has 1 amide bonds. The minimum atomic E-state index is -3.28. The van der Waals surface area contributed by atoms with Crippen LogP contribution in [0.5, 0.6) is 0 Å². The molecule has 0 bridgehead atoms. The number of hydrogen-bond acceptors (Lipinski definition) is 4. The molecule has 21 heavy (non-hydrogen) atoms. The van der Waals surface area contributed by atoms with E-state index in [1.165, 1.54) is 42.9 Å². The largest absolute Gasteiger partial charge is 0.355 e. The molecule has 2 aliphatic heterocycles. The first-order valence-electron chi connectivity index (χ1n) is 7.95. The second-order valence-electron chi connectivity index (χ2n) is 6.08. The average molecular weight is 317 g/mol. The van der Waals surface area contributed by atoms with Gasteiger partial charge in [0.05, 0.1) is 6.26 Å². The van der Waals surface area contributed by atoms with Crippen molar-refractivity contribution in [2.45, 2.75) is 44.6 Å². The van der Waals surface area contributed by atoms with Crippen molar-refractivity contribution in [2.24, 2.45) is 0 Å². The summed E-state index contributed by atoms with van der Waals surface area (Å²) in [6.45, 7) is 4.44. The van der Waals surface area contributed by atoms with Gasteiger partial charge in [-0.25, -0.2) is 8.42 Å². The third-order valence-electron chi connectivity index (χ3n) is 4.33. The molecule has 2 fully saturated rings. The summed E-state index contributed by atoms with van der Waals surface area (Å²) in [5, 5.41) is 2.89. The van der Waals surface area contributed by atoms with Crippen LogP contribution in [0.2, 0.25) is 0 Å². The number of carbonyl (C=O) groups is 1. The maximum absolute atomic E-state index is 12.1. The first-order chi connectivity index (χ1) is 9.98. The maximum atomic E-state index is 12.1. The molecule has 1 atom stereocenters. The van der Waals surface area contributed by atoms with E-state index in [-0.39, 0.29) is 5.91 Å². The Kier molecular flexibility index (Phi) is 6.01. The van der Waals surface area contributed by atoms with Gasteiger partial charge >= 0.3 is 0 Å².